The van der Waals surface area contributed by atoms with Gasteiger partial charge in [0.05, 0.1) is 31.5 Å². The van der Waals surface area contributed by atoms with Gasteiger partial charge in [-0.15, -0.1) is 0 Å². The molecule has 2 rings (SSSR count). The van der Waals surface area contributed by atoms with Gasteiger partial charge in [-0.25, -0.2) is 0 Å². The van der Waals surface area contributed by atoms with Crippen LogP contribution in [-0.2, 0) is 4.79 Å². The van der Waals surface area contributed by atoms with Crippen molar-refractivity contribution in [1.82, 2.24) is 4.90 Å². The number of anilines is 1. The molecule has 128 valence electrons. The first-order chi connectivity index (χ1) is 11.0. The number of nitrogens with zero attached hydrogens (tertiary/aromatic N) is 1. The Bertz CT molecular complexity index is 555. The lowest BCUT2D eigenvalue weighted by molar-refractivity contribution is -0.118. The first-order valence-corrected chi connectivity index (χ1v) is 8.31. The Morgan fingerprint density at radius 1 is 1.22 bits per heavy atom. The lowest BCUT2D eigenvalue weighted by Gasteiger charge is -2.38. The molecule has 1 saturated heterocycles. The minimum absolute atomic E-state index is 0.0618. The number of amides is 1. The predicted molar refractivity (Wildman–Crippen MR) is 92.7 cm³/mol. The number of piperidine rings is 1. The molecular formula is C17H25ClN2O3. The summed E-state index contributed by atoms with van der Waals surface area (Å²) >= 11 is 6.08. The van der Waals surface area contributed by atoms with Crippen LogP contribution < -0.4 is 14.8 Å². The number of hydrogen-bond acceptors (Lipinski definition) is 4. The maximum Gasteiger partial charge on any atom is 0.238 e. The van der Waals surface area contributed by atoms with Crippen molar-refractivity contribution in [3.63, 3.8) is 0 Å². The monoisotopic (exact) mass is 340 g/mol. The van der Waals surface area contributed by atoms with Crippen molar-refractivity contribution in [2.75, 3.05) is 26.1 Å². The molecule has 6 heteroatoms. The topological polar surface area (TPSA) is 50.8 Å². The predicted octanol–water partition coefficient (Wildman–Crippen LogP) is 3.56. The van der Waals surface area contributed by atoms with Gasteiger partial charge in [-0.3, -0.25) is 9.69 Å². The number of benzene rings is 1. The number of nitrogens with one attached hydrogen (secondary N) is 1. The smallest absolute Gasteiger partial charge is 0.238 e. The van der Waals surface area contributed by atoms with E-state index in [2.05, 4.69) is 24.1 Å². The van der Waals surface area contributed by atoms with E-state index in [1.807, 2.05) is 0 Å². The van der Waals surface area contributed by atoms with Crippen molar-refractivity contribution in [1.29, 1.82) is 0 Å². The molecule has 2 unspecified atom stereocenters. The summed E-state index contributed by atoms with van der Waals surface area (Å²) in [7, 11) is 3.08. The molecule has 2 atom stereocenters. The van der Waals surface area contributed by atoms with E-state index in [-0.39, 0.29) is 5.91 Å². The van der Waals surface area contributed by atoms with Crippen molar-refractivity contribution in [3.8, 4) is 11.5 Å². The van der Waals surface area contributed by atoms with Crippen LogP contribution in [0.4, 0.5) is 5.69 Å². The van der Waals surface area contributed by atoms with Crippen molar-refractivity contribution in [3.05, 3.63) is 17.2 Å². The number of carbonyl (C=O) groups is 1. The zero-order chi connectivity index (χ0) is 17.0. The molecule has 1 aliphatic rings. The summed E-state index contributed by atoms with van der Waals surface area (Å²) in [6.45, 7) is 4.72. The van der Waals surface area contributed by atoms with E-state index in [0.717, 1.165) is 12.8 Å². The number of ether oxygens (including phenoxy) is 2. The normalized spacial score (nSPS) is 21.8. The molecular weight excluding hydrogens is 316 g/mol. The minimum atomic E-state index is -0.0618. The van der Waals surface area contributed by atoms with Crippen LogP contribution in [0.5, 0.6) is 11.5 Å². The number of hydrogen-bond donors (Lipinski definition) is 1. The van der Waals surface area contributed by atoms with E-state index in [1.54, 1.807) is 19.2 Å². The molecule has 0 saturated carbocycles. The highest BCUT2D eigenvalue weighted by Crippen LogP contribution is 2.36. The molecule has 1 aliphatic heterocycles. The second kappa shape index (κ2) is 7.88. The fourth-order valence-corrected chi connectivity index (χ4v) is 3.33. The summed E-state index contributed by atoms with van der Waals surface area (Å²) in [5.74, 6) is 0.958. The van der Waals surface area contributed by atoms with Crippen molar-refractivity contribution < 1.29 is 14.3 Å². The zero-order valence-electron chi connectivity index (χ0n) is 14.2. The van der Waals surface area contributed by atoms with Crippen molar-refractivity contribution in [2.45, 2.75) is 45.2 Å². The van der Waals surface area contributed by atoms with Gasteiger partial charge < -0.3 is 14.8 Å². The maximum absolute atomic E-state index is 12.4. The van der Waals surface area contributed by atoms with Crippen molar-refractivity contribution in [2.24, 2.45) is 0 Å². The Balaban J connectivity index is 2.10. The molecule has 1 aromatic carbocycles. The van der Waals surface area contributed by atoms with E-state index >= 15 is 0 Å². The number of likely N-dealkylation sites (tertiary alicyclic amines) is 1. The molecule has 0 aliphatic carbocycles. The van der Waals surface area contributed by atoms with E-state index < -0.39 is 0 Å². The fourth-order valence-electron chi connectivity index (χ4n) is 3.10. The molecule has 23 heavy (non-hydrogen) atoms. The van der Waals surface area contributed by atoms with E-state index in [1.165, 1.54) is 13.5 Å². The molecule has 1 heterocycles. The van der Waals surface area contributed by atoms with Gasteiger partial charge in [0.15, 0.2) is 0 Å². The van der Waals surface area contributed by atoms with Crippen LogP contribution >= 0.6 is 11.6 Å². The van der Waals surface area contributed by atoms with E-state index in [0.29, 0.717) is 40.8 Å². The summed E-state index contributed by atoms with van der Waals surface area (Å²) in [4.78, 5) is 14.7. The first-order valence-electron chi connectivity index (χ1n) is 7.93. The second-order valence-corrected chi connectivity index (χ2v) is 6.44. The van der Waals surface area contributed by atoms with E-state index in [9.17, 15) is 4.79 Å². The summed E-state index contributed by atoms with van der Waals surface area (Å²) < 4.78 is 10.5. The maximum atomic E-state index is 12.4. The Hall–Kier alpha value is -1.46. The molecule has 0 spiro atoms. The lowest BCUT2D eigenvalue weighted by Crippen LogP contribution is -2.47. The van der Waals surface area contributed by atoms with Crippen LogP contribution in [0.25, 0.3) is 0 Å². The van der Waals surface area contributed by atoms with Gasteiger partial charge in [0, 0.05) is 24.2 Å². The van der Waals surface area contributed by atoms with Gasteiger partial charge in [0.2, 0.25) is 5.91 Å². The summed E-state index contributed by atoms with van der Waals surface area (Å²) in [6.07, 6.45) is 3.49. The largest absolute Gasteiger partial charge is 0.495 e. The van der Waals surface area contributed by atoms with Crippen molar-refractivity contribution >= 4 is 23.2 Å². The van der Waals surface area contributed by atoms with Crippen LogP contribution in [0.3, 0.4) is 0 Å². The molecule has 0 aromatic heterocycles. The minimum Gasteiger partial charge on any atom is -0.495 e. The second-order valence-electron chi connectivity index (χ2n) is 6.04. The van der Waals surface area contributed by atoms with Crippen LogP contribution in [0.15, 0.2) is 12.1 Å². The average Bonchev–Trinajstić information content (AvgIpc) is 2.52. The molecule has 5 nitrogen and oxygen atoms in total. The van der Waals surface area contributed by atoms with Gasteiger partial charge in [0.1, 0.15) is 11.5 Å². The van der Waals surface area contributed by atoms with Gasteiger partial charge in [-0.05, 0) is 26.7 Å². The van der Waals surface area contributed by atoms with Crippen LogP contribution in [0.2, 0.25) is 5.02 Å². The Labute approximate surface area is 142 Å². The zero-order valence-corrected chi connectivity index (χ0v) is 14.9. The fraction of sp³-hybridized carbons (Fsp3) is 0.588. The molecule has 1 fully saturated rings. The van der Waals surface area contributed by atoms with Crippen LogP contribution in [-0.4, -0.2) is 43.7 Å². The standard InChI is InChI=1S/C17H25ClN2O3/c1-11-6-5-7-12(2)20(11)10-17(21)19-14-9-15(22-3)13(18)8-16(14)23-4/h8-9,11-12H,5-7,10H2,1-4H3,(H,19,21). The molecule has 1 N–H and O–H groups in total. The molecule has 0 radical (unpaired) electrons. The van der Waals surface area contributed by atoms with Crippen LogP contribution in [0, 0.1) is 0 Å². The van der Waals surface area contributed by atoms with E-state index in [4.69, 9.17) is 21.1 Å². The highest BCUT2D eigenvalue weighted by molar-refractivity contribution is 6.32. The van der Waals surface area contributed by atoms with Gasteiger partial charge in [0.25, 0.3) is 0 Å². The van der Waals surface area contributed by atoms with Gasteiger partial charge in [-0.1, -0.05) is 18.0 Å². The summed E-state index contributed by atoms with van der Waals surface area (Å²) in [6, 6.07) is 4.17. The average molecular weight is 341 g/mol. The third-order valence-electron chi connectivity index (χ3n) is 4.45. The molecule has 1 aromatic rings. The first kappa shape index (κ1) is 17.9. The third-order valence-corrected chi connectivity index (χ3v) is 4.75. The summed E-state index contributed by atoms with van der Waals surface area (Å²) in [5.41, 5.74) is 0.566. The Morgan fingerprint density at radius 3 is 2.39 bits per heavy atom. The molecule has 1 amide bonds. The number of halogens is 1. The Kier molecular flexibility index (Phi) is 6.13. The number of rotatable bonds is 5. The summed E-state index contributed by atoms with van der Waals surface area (Å²) in [5, 5.41) is 3.35. The van der Waals surface area contributed by atoms with Gasteiger partial charge >= 0.3 is 0 Å². The third kappa shape index (κ3) is 4.30. The highest BCUT2D eigenvalue weighted by atomic mass is 35.5. The molecule has 0 bridgehead atoms. The highest BCUT2D eigenvalue weighted by Gasteiger charge is 2.26. The lowest BCUT2D eigenvalue weighted by atomic mass is 9.97. The SMILES string of the molecule is COc1cc(NC(=O)CN2C(C)CCCC2C)c(OC)cc1Cl. The van der Waals surface area contributed by atoms with Gasteiger partial charge in [-0.2, -0.15) is 0 Å². The quantitative estimate of drug-likeness (QED) is 0.890. The number of methoxy groups -OCH3 is 2. The number of carbonyl (C=O) groups excluding carboxylic acids is 1. The van der Waals surface area contributed by atoms with Crippen LogP contribution in [0.1, 0.15) is 33.1 Å². The Morgan fingerprint density at radius 2 is 1.83 bits per heavy atom.